The largest absolute Gasteiger partial charge is 0.309 e. The summed E-state index contributed by atoms with van der Waals surface area (Å²) in [5, 5.41) is 3.69. The van der Waals surface area contributed by atoms with E-state index in [0.29, 0.717) is 17.6 Å². The smallest absolute Gasteiger partial charge is 0.238 e. The van der Waals surface area contributed by atoms with E-state index >= 15 is 0 Å². The van der Waals surface area contributed by atoms with Gasteiger partial charge in [-0.05, 0) is 64.7 Å². The van der Waals surface area contributed by atoms with Crippen LogP contribution in [0.5, 0.6) is 0 Å². The van der Waals surface area contributed by atoms with E-state index in [-0.39, 0.29) is 35.3 Å². The molecule has 0 aliphatic heterocycles. The molecule has 7 aromatic carbocycles. The minimum atomic E-state index is -0.426. The fourth-order valence-corrected chi connectivity index (χ4v) is 8.50. The average molecular weight is 685 g/mol. The number of hydrogen-bond donors (Lipinski definition) is 0. The van der Waals surface area contributed by atoms with Crippen molar-refractivity contribution in [3.05, 3.63) is 175 Å². The van der Waals surface area contributed by atoms with Crippen molar-refractivity contribution in [2.75, 3.05) is 0 Å². The van der Waals surface area contributed by atoms with Gasteiger partial charge in [0.25, 0.3) is 0 Å². The number of aromatic nitrogens is 5. The van der Waals surface area contributed by atoms with Gasteiger partial charge in [0.1, 0.15) is 0 Å². The lowest BCUT2D eigenvalue weighted by molar-refractivity contribution is 0.660. The Bertz CT molecular complexity index is 3360. The van der Waals surface area contributed by atoms with Gasteiger partial charge in [-0.2, -0.15) is 9.97 Å². The van der Waals surface area contributed by atoms with Crippen molar-refractivity contribution in [3.8, 4) is 45.5 Å². The van der Waals surface area contributed by atoms with Gasteiger partial charge < -0.3 is 4.57 Å². The Kier molecular flexibility index (Phi) is 5.26. The van der Waals surface area contributed by atoms with Gasteiger partial charge in [-0.3, -0.25) is 4.57 Å². The number of benzene rings is 7. The average Bonchev–Trinajstić information content (AvgIpc) is 3.85. The third-order valence-corrected chi connectivity index (χ3v) is 10.9. The van der Waals surface area contributed by atoms with Crippen molar-refractivity contribution in [2.24, 2.45) is 0 Å². The van der Waals surface area contributed by atoms with Crippen LogP contribution in [0.4, 0.5) is 0 Å². The molecule has 0 radical (unpaired) electrons. The molecule has 53 heavy (non-hydrogen) atoms. The predicted molar refractivity (Wildman–Crippen MR) is 217 cm³/mol. The van der Waals surface area contributed by atoms with Crippen molar-refractivity contribution < 1.29 is 6.85 Å². The minimum absolute atomic E-state index is 0.107. The van der Waals surface area contributed by atoms with Crippen LogP contribution in [0, 0.1) is 0 Å². The van der Waals surface area contributed by atoms with Crippen molar-refractivity contribution in [1.82, 2.24) is 24.1 Å². The highest BCUT2D eigenvalue weighted by molar-refractivity contribution is 6.28. The van der Waals surface area contributed by atoms with Gasteiger partial charge >= 0.3 is 0 Å². The summed E-state index contributed by atoms with van der Waals surface area (Å²) in [6.45, 7) is 4.54. The second-order valence-electron chi connectivity index (χ2n) is 14.1. The fourth-order valence-electron chi connectivity index (χ4n) is 8.50. The van der Waals surface area contributed by atoms with E-state index < -0.39 is 6.04 Å². The van der Waals surface area contributed by atoms with E-state index in [2.05, 4.69) is 73.0 Å². The molecule has 0 amide bonds. The molecule has 5 nitrogen and oxygen atoms in total. The van der Waals surface area contributed by atoms with E-state index in [0.717, 1.165) is 54.7 Å². The highest BCUT2D eigenvalue weighted by atomic mass is 15.2. The molecule has 11 rings (SSSR count). The molecule has 0 unspecified atom stereocenters. The van der Waals surface area contributed by atoms with Gasteiger partial charge in [0.05, 0.1) is 28.9 Å². The summed E-state index contributed by atoms with van der Waals surface area (Å²) < 4.78 is 47.0. The lowest BCUT2D eigenvalue weighted by atomic mass is 9.82. The Morgan fingerprint density at radius 3 is 1.81 bits per heavy atom. The van der Waals surface area contributed by atoms with Crippen molar-refractivity contribution in [2.45, 2.75) is 19.3 Å². The van der Waals surface area contributed by atoms with Crippen molar-refractivity contribution >= 4 is 43.6 Å². The molecule has 1 aliphatic rings. The van der Waals surface area contributed by atoms with Crippen LogP contribution in [0.2, 0.25) is 0 Å². The Morgan fingerprint density at radius 2 is 1.08 bits per heavy atom. The summed E-state index contributed by atoms with van der Waals surface area (Å²) in [5.74, 6) is 1.57. The molecule has 10 aromatic rings. The molecule has 250 valence electrons. The van der Waals surface area contributed by atoms with E-state index in [1.807, 2.05) is 78.9 Å². The molecule has 0 saturated heterocycles. The van der Waals surface area contributed by atoms with Gasteiger partial charge in [-0.25, -0.2) is 4.98 Å². The van der Waals surface area contributed by atoms with E-state index in [9.17, 15) is 0 Å². The van der Waals surface area contributed by atoms with Gasteiger partial charge in [0.15, 0.2) is 11.6 Å². The van der Waals surface area contributed by atoms with Crippen molar-refractivity contribution in [3.63, 3.8) is 0 Å². The van der Waals surface area contributed by atoms with Crippen LogP contribution < -0.4 is 0 Å². The predicted octanol–water partition coefficient (Wildman–Crippen LogP) is 11.7. The molecule has 0 atom stereocenters. The summed E-state index contributed by atoms with van der Waals surface area (Å²) in [4.78, 5) is 15.5. The zero-order valence-electron chi connectivity index (χ0n) is 33.9. The summed E-state index contributed by atoms with van der Waals surface area (Å²) in [7, 11) is 0. The SMILES string of the molecule is [2H]c1c([2H])c([2H])c(-n2c3ccccc3c3c4c5ccccc5n(-c5nc(-c6ccccc6)nc(-c6ccc7c(c6)-c6ccccc6C7(C)C)n5)c4ccc32)c([2H])c1[2H]. The molecular formula is C48H33N5. The maximum absolute atomic E-state index is 8.93. The third kappa shape index (κ3) is 4.28. The standard InChI is InChI=1S/C48H33N5/c1-48(2)37-22-12-9-19-33(37)36-29-31(25-26-38(36)48)46-49-45(30-15-5-3-6-16-30)50-47(51-46)53-40-24-14-11-21-35(40)44-42(53)28-27-41-43(44)34-20-10-13-23-39(34)52(41)32-17-7-4-8-18-32/h3-29H,1-2H3/i4D,7D,8D,17D,18D. The topological polar surface area (TPSA) is 48.5 Å². The number of hydrogen-bond acceptors (Lipinski definition) is 3. The zero-order chi connectivity index (χ0) is 39.6. The second kappa shape index (κ2) is 11.1. The Hall–Kier alpha value is -6.85. The minimum Gasteiger partial charge on any atom is -0.309 e. The number of rotatable bonds is 4. The van der Waals surface area contributed by atoms with Crippen LogP contribution in [0.1, 0.15) is 31.8 Å². The van der Waals surface area contributed by atoms with E-state index in [1.54, 1.807) is 4.57 Å². The van der Waals surface area contributed by atoms with Crippen LogP contribution in [0.25, 0.3) is 89.2 Å². The summed E-state index contributed by atoms with van der Waals surface area (Å²) in [6, 6.07) is 43.3. The second-order valence-corrected chi connectivity index (χ2v) is 14.1. The molecular weight excluding hydrogens is 647 g/mol. The molecule has 0 N–H and O–H groups in total. The highest BCUT2D eigenvalue weighted by Gasteiger charge is 2.35. The van der Waals surface area contributed by atoms with Crippen LogP contribution in [0.15, 0.2) is 164 Å². The molecule has 1 aliphatic carbocycles. The molecule has 0 saturated carbocycles. The lowest BCUT2D eigenvalue weighted by Gasteiger charge is -2.21. The third-order valence-electron chi connectivity index (χ3n) is 10.9. The Labute approximate surface area is 313 Å². The summed E-state index contributed by atoms with van der Waals surface area (Å²) in [6.07, 6.45) is 0. The lowest BCUT2D eigenvalue weighted by Crippen LogP contribution is -2.14. The zero-order valence-corrected chi connectivity index (χ0v) is 28.9. The summed E-state index contributed by atoms with van der Waals surface area (Å²) >= 11 is 0. The Balaban J connectivity index is 1.21. The Morgan fingerprint density at radius 1 is 0.491 bits per heavy atom. The first-order valence-corrected chi connectivity index (χ1v) is 17.7. The normalized spacial score (nSPS) is 14.6. The molecule has 5 heteroatoms. The monoisotopic (exact) mass is 684 g/mol. The molecule has 0 spiro atoms. The number of para-hydroxylation sites is 3. The van der Waals surface area contributed by atoms with E-state index in [1.165, 1.54) is 22.3 Å². The molecule has 3 heterocycles. The quantitative estimate of drug-likeness (QED) is 0.185. The number of fused-ring (bicyclic) bond motifs is 10. The first kappa shape index (κ1) is 25.2. The molecule has 0 bridgehead atoms. The van der Waals surface area contributed by atoms with Gasteiger partial charge in [-0.1, -0.05) is 135 Å². The van der Waals surface area contributed by atoms with Gasteiger partial charge in [0, 0.05) is 43.8 Å². The highest BCUT2D eigenvalue weighted by Crippen LogP contribution is 2.49. The maximum Gasteiger partial charge on any atom is 0.238 e. The fraction of sp³-hybridized carbons (Fsp3) is 0.0625. The first-order chi connectivity index (χ1) is 28.1. The van der Waals surface area contributed by atoms with Gasteiger partial charge in [-0.15, -0.1) is 0 Å². The van der Waals surface area contributed by atoms with Crippen LogP contribution >= 0.6 is 0 Å². The van der Waals surface area contributed by atoms with Crippen molar-refractivity contribution in [1.29, 1.82) is 0 Å². The first-order valence-electron chi connectivity index (χ1n) is 20.2. The van der Waals surface area contributed by atoms with Crippen LogP contribution in [-0.2, 0) is 5.41 Å². The van der Waals surface area contributed by atoms with Crippen LogP contribution in [-0.4, -0.2) is 24.1 Å². The molecule has 3 aromatic heterocycles. The maximum atomic E-state index is 8.93. The van der Waals surface area contributed by atoms with E-state index in [4.69, 9.17) is 21.8 Å². The molecule has 0 fully saturated rings. The summed E-state index contributed by atoms with van der Waals surface area (Å²) in [5.41, 5.74) is 9.89. The van der Waals surface area contributed by atoms with Crippen LogP contribution in [0.3, 0.4) is 0 Å². The van der Waals surface area contributed by atoms with Gasteiger partial charge in [0.2, 0.25) is 5.95 Å². The number of nitrogens with zero attached hydrogens (tertiary/aromatic N) is 5.